The summed E-state index contributed by atoms with van der Waals surface area (Å²) in [5, 5.41) is 11.3. The van der Waals surface area contributed by atoms with Gasteiger partial charge >= 0.3 is 0 Å². The molecule has 2 rings (SSSR count). The highest BCUT2D eigenvalue weighted by Gasteiger charge is 2.03. The molecule has 4 heteroatoms. The second-order valence-electron chi connectivity index (χ2n) is 1.83. The van der Waals surface area contributed by atoms with Crippen LogP contribution in [0.25, 0.3) is 5.70 Å². The lowest BCUT2D eigenvalue weighted by molar-refractivity contribution is 0.906. The molecule has 0 aromatic carbocycles. The molecule has 0 fully saturated rings. The van der Waals surface area contributed by atoms with Crippen molar-refractivity contribution in [1.29, 1.82) is 0 Å². The van der Waals surface area contributed by atoms with E-state index in [9.17, 15) is 0 Å². The predicted molar refractivity (Wildman–Crippen MR) is 39.3 cm³/mol. The Hall–Kier alpha value is -1.16. The smallest absolute Gasteiger partial charge is 0.116 e. The highest BCUT2D eigenvalue weighted by Crippen LogP contribution is 2.20. The zero-order valence-corrected chi connectivity index (χ0v) is 5.88. The van der Waals surface area contributed by atoms with Crippen LogP contribution in [0.3, 0.4) is 0 Å². The Morgan fingerprint density at radius 2 is 2.40 bits per heavy atom. The van der Waals surface area contributed by atoms with E-state index in [1.807, 2.05) is 16.8 Å². The van der Waals surface area contributed by atoms with Crippen molar-refractivity contribution in [2.45, 2.75) is 0 Å². The van der Waals surface area contributed by atoms with E-state index in [1.54, 1.807) is 17.5 Å². The Balaban J connectivity index is 2.36. The molecule has 10 heavy (non-hydrogen) atoms. The topological polar surface area (TPSA) is 38.8 Å². The van der Waals surface area contributed by atoms with Gasteiger partial charge < -0.3 is 0 Å². The molecule has 2 heterocycles. The quantitative estimate of drug-likeness (QED) is 0.587. The van der Waals surface area contributed by atoms with Crippen LogP contribution in [0.1, 0.15) is 5.56 Å². The molecular weight excluding hydrogens is 146 g/mol. The van der Waals surface area contributed by atoms with Crippen LogP contribution >= 0.6 is 11.3 Å². The van der Waals surface area contributed by atoms with Crippen molar-refractivity contribution in [1.82, 2.24) is 5.43 Å². The van der Waals surface area contributed by atoms with Crippen LogP contribution in [0, 0.1) is 0 Å². The van der Waals surface area contributed by atoms with Gasteiger partial charge in [0.1, 0.15) is 5.70 Å². The molecule has 0 saturated carbocycles. The van der Waals surface area contributed by atoms with Crippen LogP contribution in [0.15, 0.2) is 33.4 Å². The summed E-state index contributed by atoms with van der Waals surface area (Å²) < 4.78 is 0. The first-order valence-corrected chi connectivity index (χ1v) is 3.75. The van der Waals surface area contributed by atoms with E-state index >= 15 is 0 Å². The molecule has 0 unspecified atom stereocenters. The summed E-state index contributed by atoms with van der Waals surface area (Å²) in [5.41, 5.74) is 5.56. The molecule has 0 N–H and O–H groups in total. The predicted octanol–water partition coefficient (Wildman–Crippen LogP) is 2.03. The Morgan fingerprint density at radius 1 is 1.40 bits per heavy atom. The first-order chi connectivity index (χ1) is 4.97. The summed E-state index contributed by atoms with van der Waals surface area (Å²) in [6.45, 7) is 0. The molecule has 1 aromatic rings. The molecule has 0 aliphatic carbocycles. The Bertz CT molecular complexity index is 273. The van der Waals surface area contributed by atoms with Crippen LogP contribution in [-0.4, -0.2) is 0 Å². The Labute approximate surface area is 62.1 Å². The van der Waals surface area contributed by atoms with Crippen LogP contribution in [0.4, 0.5) is 0 Å². The minimum absolute atomic E-state index is 0.848. The van der Waals surface area contributed by atoms with Crippen molar-refractivity contribution in [2.75, 3.05) is 0 Å². The van der Waals surface area contributed by atoms with Crippen molar-refractivity contribution in [3.05, 3.63) is 28.6 Å². The third kappa shape index (κ3) is 0.823. The molecule has 1 radical (unpaired) electrons. The van der Waals surface area contributed by atoms with Crippen LogP contribution in [-0.2, 0) is 0 Å². The molecule has 1 aromatic heterocycles. The lowest BCUT2D eigenvalue weighted by Crippen LogP contribution is -1.73. The maximum atomic E-state index is 3.80. The maximum Gasteiger partial charge on any atom is 0.116 e. The van der Waals surface area contributed by atoms with Gasteiger partial charge in [0.25, 0.3) is 0 Å². The van der Waals surface area contributed by atoms with E-state index in [0.29, 0.717) is 0 Å². The summed E-state index contributed by atoms with van der Waals surface area (Å²) in [7, 11) is 0. The minimum Gasteiger partial charge on any atom is -0.152 e. The number of hydrogen-bond acceptors (Lipinski definition) is 3. The fourth-order valence-electron chi connectivity index (χ4n) is 0.723. The SMILES string of the molecule is C1=C(c2ccsc2)N=N[N]1. The molecule has 3 nitrogen and oxygen atoms in total. The summed E-state index contributed by atoms with van der Waals surface area (Å²) in [6.07, 6.45) is 1.65. The standard InChI is InChI=1S/C6H4N3S/c1-2-10-4-5(1)6-3-7-9-8-6/h1-4H. The van der Waals surface area contributed by atoms with Crippen LogP contribution in [0.2, 0.25) is 0 Å². The van der Waals surface area contributed by atoms with Gasteiger partial charge in [0.2, 0.25) is 0 Å². The van der Waals surface area contributed by atoms with E-state index in [4.69, 9.17) is 0 Å². The first kappa shape index (κ1) is 5.61. The van der Waals surface area contributed by atoms with Gasteiger partial charge in [0, 0.05) is 10.9 Å². The average Bonchev–Trinajstić information content (AvgIpc) is 2.59. The van der Waals surface area contributed by atoms with Crippen LogP contribution in [0.5, 0.6) is 0 Å². The highest BCUT2D eigenvalue weighted by atomic mass is 32.1. The molecular formula is C6H4N3S. The minimum atomic E-state index is 0.848. The number of thiophene rings is 1. The highest BCUT2D eigenvalue weighted by molar-refractivity contribution is 7.08. The molecule has 0 saturated heterocycles. The van der Waals surface area contributed by atoms with Gasteiger partial charge in [-0.3, -0.25) is 0 Å². The van der Waals surface area contributed by atoms with Crippen molar-refractivity contribution >= 4 is 17.0 Å². The lowest BCUT2D eigenvalue weighted by Gasteiger charge is -1.84. The molecule has 0 amide bonds. The van der Waals surface area contributed by atoms with E-state index < -0.39 is 0 Å². The summed E-state index contributed by atoms with van der Waals surface area (Å²) in [6, 6.07) is 2.00. The molecule has 49 valence electrons. The van der Waals surface area contributed by atoms with E-state index in [-0.39, 0.29) is 0 Å². The second kappa shape index (κ2) is 2.22. The van der Waals surface area contributed by atoms with Gasteiger partial charge in [0.05, 0.1) is 6.20 Å². The zero-order chi connectivity index (χ0) is 6.81. The number of hydrogen-bond donors (Lipinski definition) is 0. The molecule has 1 aliphatic heterocycles. The number of nitrogens with zero attached hydrogens (tertiary/aromatic N) is 3. The number of rotatable bonds is 1. The average molecular weight is 150 g/mol. The maximum absolute atomic E-state index is 3.80. The second-order valence-corrected chi connectivity index (χ2v) is 2.61. The van der Waals surface area contributed by atoms with Crippen molar-refractivity contribution in [3.8, 4) is 0 Å². The van der Waals surface area contributed by atoms with Crippen molar-refractivity contribution in [2.24, 2.45) is 10.3 Å². The lowest BCUT2D eigenvalue weighted by atomic mass is 10.3. The van der Waals surface area contributed by atoms with Gasteiger partial charge in [-0.2, -0.15) is 11.3 Å². The summed E-state index contributed by atoms with van der Waals surface area (Å²) in [5.74, 6) is 0. The monoisotopic (exact) mass is 150 g/mol. The van der Waals surface area contributed by atoms with E-state index in [0.717, 1.165) is 11.3 Å². The van der Waals surface area contributed by atoms with Gasteiger partial charge in [-0.1, -0.05) is 0 Å². The molecule has 1 aliphatic rings. The van der Waals surface area contributed by atoms with Gasteiger partial charge in [-0.25, -0.2) is 0 Å². The molecule has 0 bridgehead atoms. The first-order valence-electron chi connectivity index (χ1n) is 2.80. The largest absolute Gasteiger partial charge is 0.152 e. The van der Waals surface area contributed by atoms with Gasteiger partial charge in [-0.15, -0.1) is 10.5 Å². The van der Waals surface area contributed by atoms with E-state index in [1.165, 1.54) is 0 Å². The third-order valence-electron chi connectivity index (χ3n) is 1.20. The summed E-state index contributed by atoms with van der Waals surface area (Å²) >= 11 is 1.64. The fraction of sp³-hybridized carbons (Fsp3) is 0. The van der Waals surface area contributed by atoms with Gasteiger partial charge in [-0.05, 0) is 16.7 Å². The van der Waals surface area contributed by atoms with Crippen molar-refractivity contribution < 1.29 is 0 Å². The molecule has 0 atom stereocenters. The van der Waals surface area contributed by atoms with Gasteiger partial charge in [0.15, 0.2) is 0 Å². The fourth-order valence-corrected chi connectivity index (χ4v) is 1.37. The molecule has 0 spiro atoms. The summed E-state index contributed by atoms with van der Waals surface area (Å²) in [4.78, 5) is 0. The zero-order valence-electron chi connectivity index (χ0n) is 5.06. The van der Waals surface area contributed by atoms with Crippen LogP contribution < -0.4 is 5.43 Å². The normalized spacial score (nSPS) is 15.0. The Morgan fingerprint density at radius 3 is 3.00 bits per heavy atom. The van der Waals surface area contributed by atoms with E-state index in [2.05, 4.69) is 15.8 Å². The Kier molecular flexibility index (Phi) is 1.25. The van der Waals surface area contributed by atoms with Crippen molar-refractivity contribution in [3.63, 3.8) is 0 Å². The third-order valence-corrected chi connectivity index (χ3v) is 1.88.